The van der Waals surface area contributed by atoms with E-state index >= 15 is 0 Å². The van der Waals surface area contributed by atoms with E-state index in [1.54, 1.807) is 0 Å². The molecule has 0 aromatic carbocycles. The number of allylic oxidation sites excluding steroid dienone is 2. The van der Waals surface area contributed by atoms with Gasteiger partial charge in [0.05, 0.1) is 12.5 Å². The number of amides is 1. The topological polar surface area (TPSA) is 66.8 Å². The minimum atomic E-state index is -1.10. The summed E-state index contributed by atoms with van der Waals surface area (Å²) in [6.07, 6.45) is 6.58. The van der Waals surface area contributed by atoms with Crippen molar-refractivity contribution >= 4 is 12.1 Å². The monoisotopic (exact) mass is 283 g/mol. The summed E-state index contributed by atoms with van der Waals surface area (Å²) < 4.78 is 18.8. The molecule has 20 heavy (non-hydrogen) atoms. The van der Waals surface area contributed by atoms with Crippen molar-refractivity contribution in [3.63, 3.8) is 0 Å². The van der Waals surface area contributed by atoms with Gasteiger partial charge in [0.2, 0.25) is 0 Å². The van der Waals surface area contributed by atoms with Crippen LogP contribution in [-0.4, -0.2) is 29.2 Å². The normalized spacial score (nSPS) is 25.0. The van der Waals surface area contributed by atoms with E-state index in [2.05, 4.69) is 4.74 Å². The number of aliphatic carboxylic acids is 1. The number of hydrogen-bond acceptors (Lipinski definition) is 3. The molecule has 1 saturated carbocycles. The Morgan fingerprint density at radius 1 is 1.40 bits per heavy atom. The van der Waals surface area contributed by atoms with Crippen molar-refractivity contribution in [1.29, 1.82) is 0 Å². The van der Waals surface area contributed by atoms with Gasteiger partial charge < -0.3 is 9.84 Å². The minimum Gasteiger partial charge on any atom is -0.481 e. The molecular weight excluding hydrogens is 265 g/mol. The number of nitrogens with zero attached hydrogens (tertiary/aromatic N) is 1. The quantitative estimate of drug-likeness (QED) is 0.845. The predicted molar refractivity (Wildman–Crippen MR) is 69.2 cm³/mol. The van der Waals surface area contributed by atoms with Crippen LogP contribution in [0, 0.1) is 11.3 Å². The maximum Gasteiger partial charge on any atom is 0.417 e. The van der Waals surface area contributed by atoms with Gasteiger partial charge in [-0.05, 0) is 12.8 Å². The van der Waals surface area contributed by atoms with E-state index in [0.717, 1.165) is 30.4 Å². The molecule has 0 aromatic heterocycles. The lowest BCUT2D eigenvalue weighted by Gasteiger charge is -2.39. The number of carboxylic acid groups (broad SMARTS) is 1. The van der Waals surface area contributed by atoms with Gasteiger partial charge in [-0.1, -0.05) is 25.3 Å². The van der Waals surface area contributed by atoms with E-state index in [0.29, 0.717) is 12.8 Å². The first-order chi connectivity index (χ1) is 9.51. The van der Waals surface area contributed by atoms with Gasteiger partial charge in [0.25, 0.3) is 0 Å². The molecule has 1 aliphatic heterocycles. The summed E-state index contributed by atoms with van der Waals surface area (Å²) in [7, 11) is 1.20. The Balaban J connectivity index is 2.27. The van der Waals surface area contributed by atoms with Crippen LogP contribution in [0.5, 0.6) is 0 Å². The summed E-state index contributed by atoms with van der Waals surface area (Å²) in [6, 6.07) is 0. The highest BCUT2D eigenvalue weighted by Crippen LogP contribution is 2.47. The molecule has 110 valence electrons. The third-order valence-electron chi connectivity index (χ3n) is 4.15. The highest BCUT2D eigenvalue weighted by molar-refractivity contribution is 5.77. The molecule has 0 saturated heterocycles. The molecule has 5 nitrogen and oxygen atoms in total. The van der Waals surface area contributed by atoms with E-state index < -0.39 is 29.2 Å². The van der Waals surface area contributed by atoms with Crippen LogP contribution in [0.25, 0.3) is 0 Å². The number of carbonyl (C=O) groups is 2. The maximum atomic E-state index is 14.3. The van der Waals surface area contributed by atoms with Gasteiger partial charge in [0.15, 0.2) is 0 Å². The van der Waals surface area contributed by atoms with Gasteiger partial charge >= 0.3 is 12.1 Å². The Kier molecular flexibility index (Phi) is 4.11. The van der Waals surface area contributed by atoms with Crippen molar-refractivity contribution in [1.82, 2.24) is 4.90 Å². The molecule has 6 heteroatoms. The maximum absolute atomic E-state index is 14.3. The van der Waals surface area contributed by atoms with Crippen molar-refractivity contribution in [3.05, 3.63) is 24.3 Å². The minimum absolute atomic E-state index is 0.455. The van der Waals surface area contributed by atoms with Gasteiger partial charge in [0, 0.05) is 18.3 Å². The lowest BCUT2D eigenvalue weighted by molar-refractivity contribution is -0.153. The summed E-state index contributed by atoms with van der Waals surface area (Å²) in [4.78, 5) is 24.0. The Hall–Kier alpha value is -1.85. The first kappa shape index (κ1) is 14.6. The molecule has 1 atom stereocenters. The van der Waals surface area contributed by atoms with Crippen molar-refractivity contribution in [2.24, 2.45) is 11.3 Å². The van der Waals surface area contributed by atoms with E-state index in [1.807, 2.05) is 0 Å². The molecular formula is C14H18FNO4. The smallest absolute Gasteiger partial charge is 0.417 e. The number of carbonyl (C=O) groups excluding carboxylic acids is 1. The zero-order valence-electron chi connectivity index (χ0n) is 11.3. The third-order valence-corrected chi connectivity index (χ3v) is 4.15. The van der Waals surface area contributed by atoms with Crippen LogP contribution in [0.1, 0.15) is 32.1 Å². The zero-order chi connectivity index (χ0) is 14.8. The largest absolute Gasteiger partial charge is 0.481 e. The summed E-state index contributed by atoms with van der Waals surface area (Å²) in [5, 5.41) is 9.55. The summed E-state index contributed by atoms with van der Waals surface area (Å²) in [6.45, 7) is 0. The standard InChI is InChI=1S/C14H18FNO4/c1-20-13(19)16-8-5-10(11(15)9-16)14(12(17)18)6-3-2-4-7-14/h5,8-10H,2-4,6-7H2,1H3,(H,17,18). The molecule has 0 radical (unpaired) electrons. The van der Waals surface area contributed by atoms with Crippen LogP contribution in [0.4, 0.5) is 9.18 Å². The molecule has 0 spiro atoms. The number of hydrogen-bond donors (Lipinski definition) is 1. The molecule has 2 aliphatic rings. The molecule has 0 bridgehead atoms. The van der Waals surface area contributed by atoms with Crippen LogP contribution >= 0.6 is 0 Å². The van der Waals surface area contributed by atoms with Gasteiger partial charge in [-0.15, -0.1) is 0 Å². The summed E-state index contributed by atoms with van der Waals surface area (Å²) in [5.74, 6) is -2.40. The van der Waals surface area contributed by atoms with Crippen molar-refractivity contribution in [2.45, 2.75) is 32.1 Å². The fraction of sp³-hybridized carbons (Fsp3) is 0.571. The van der Waals surface area contributed by atoms with E-state index in [1.165, 1.54) is 19.4 Å². The molecule has 1 amide bonds. The molecule has 1 N–H and O–H groups in total. The average molecular weight is 283 g/mol. The van der Waals surface area contributed by atoms with Crippen molar-refractivity contribution in [2.75, 3.05) is 7.11 Å². The van der Waals surface area contributed by atoms with Gasteiger partial charge in [-0.25, -0.2) is 9.18 Å². The SMILES string of the molecule is COC(=O)N1C=CC(C2(C(=O)O)CCCCC2)C(F)=C1. The van der Waals surface area contributed by atoms with Crippen LogP contribution in [0.3, 0.4) is 0 Å². The van der Waals surface area contributed by atoms with Gasteiger partial charge in [-0.3, -0.25) is 9.69 Å². The second-order valence-electron chi connectivity index (χ2n) is 5.23. The first-order valence-corrected chi connectivity index (χ1v) is 6.66. The van der Waals surface area contributed by atoms with Gasteiger partial charge in [-0.2, -0.15) is 0 Å². The second-order valence-corrected chi connectivity index (χ2v) is 5.23. The van der Waals surface area contributed by atoms with Crippen LogP contribution in [0.2, 0.25) is 0 Å². The van der Waals surface area contributed by atoms with E-state index in [9.17, 15) is 19.1 Å². The molecule has 1 aliphatic carbocycles. The highest BCUT2D eigenvalue weighted by Gasteiger charge is 2.48. The lowest BCUT2D eigenvalue weighted by Crippen LogP contribution is -2.41. The average Bonchev–Trinajstić information content (AvgIpc) is 2.46. The zero-order valence-corrected chi connectivity index (χ0v) is 11.3. The summed E-state index contributed by atoms with van der Waals surface area (Å²) in [5.41, 5.74) is -1.10. The Bertz CT molecular complexity index is 466. The predicted octanol–water partition coefficient (Wildman–Crippen LogP) is 3.04. The van der Waals surface area contributed by atoms with E-state index in [-0.39, 0.29) is 0 Å². The number of ether oxygens (including phenoxy) is 1. The second kappa shape index (κ2) is 5.64. The Labute approximate surface area is 116 Å². The van der Waals surface area contributed by atoms with Crippen molar-refractivity contribution < 1.29 is 23.8 Å². The third kappa shape index (κ3) is 2.42. The lowest BCUT2D eigenvalue weighted by atomic mass is 9.65. The fourth-order valence-corrected chi connectivity index (χ4v) is 3.03. The van der Waals surface area contributed by atoms with Gasteiger partial charge in [0.1, 0.15) is 5.83 Å². The molecule has 1 unspecified atom stereocenters. The van der Waals surface area contributed by atoms with Crippen molar-refractivity contribution in [3.8, 4) is 0 Å². The number of rotatable bonds is 2. The molecule has 2 rings (SSSR count). The van der Waals surface area contributed by atoms with E-state index in [4.69, 9.17) is 0 Å². The molecule has 1 fully saturated rings. The molecule has 1 heterocycles. The first-order valence-electron chi connectivity index (χ1n) is 6.66. The van der Waals surface area contributed by atoms with Crippen LogP contribution in [-0.2, 0) is 9.53 Å². The highest BCUT2D eigenvalue weighted by atomic mass is 19.1. The van der Waals surface area contributed by atoms with Crippen LogP contribution < -0.4 is 0 Å². The summed E-state index contributed by atoms with van der Waals surface area (Å²) >= 11 is 0. The number of halogens is 1. The number of carboxylic acids is 1. The Morgan fingerprint density at radius 2 is 2.05 bits per heavy atom. The number of methoxy groups -OCH3 is 1. The Morgan fingerprint density at radius 3 is 2.55 bits per heavy atom. The fourth-order valence-electron chi connectivity index (χ4n) is 3.03. The van der Waals surface area contributed by atoms with Crippen LogP contribution in [0.15, 0.2) is 24.3 Å². The molecule has 0 aromatic rings.